The molecule has 34 heavy (non-hydrogen) atoms. The van der Waals surface area contributed by atoms with Crippen molar-refractivity contribution in [1.29, 1.82) is 0 Å². The fraction of sp³-hybridized carbons (Fsp3) is 0.444. The van der Waals surface area contributed by atoms with Gasteiger partial charge in [-0.05, 0) is 55.4 Å². The van der Waals surface area contributed by atoms with Crippen LogP contribution in [0, 0.1) is 12.7 Å². The van der Waals surface area contributed by atoms with Crippen molar-refractivity contribution in [3.63, 3.8) is 0 Å². The van der Waals surface area contributed by atoms with Gasteiger partial charge in [0.15, 0.2) is 6.29 Å². The molecule has 180 valence electrons. The molecule has 2 aliphatic rings. The maximum Gasteiger partial charge on any atom is 0.257 e. The predicted molar refractivity (Wildman–Crippen MR) is 130 cm³/mol. The maximum absolute atomic E-state index is 14.7. The summed E-state index contributed by atoms with van der Waals surface area (Å²) in [6.45, 7) is 9.64. The maximum atomic E-state index is 14.7. The number of hydrogen-bond acceptors (Lipinski definition) is 5. The van der Waals surface area contributed by atoms with Crippen LogP contribution in [0.3, 0.4) is 0 Å². The average Bonchev–Trinajstić information content (AvgIpc) is 3.19. The third-order valence-electron chi connectivity index (χ3n) is 7.09. The lowest BCUT2D eigenvalue weighted by Crippen LogP contribution is -2.32. The molecule has 0 spiro atoms. The van der Waals surface area contributed by atoms with Gasteiger partial charge in [0.05, 0.1) is 30.1 Å². The number of aromatic nitrogens is 2. The molecule has 0 amide bonds. The lowest BCUT2D eigenvalue weighted by molar-refractivity contribution is -0.123. The van der Waals surface area contributed by atoms with Gasteiger partial charge in [0, 0.05) is 35.3 Å². The summed E-state index contributed by atoms with van der Waals surface area (Å²) in [7, 11) is 1.46. The second-order valence-electron chi connectivity index (χ2n) is 9.16. The molecule has 0 bridgehead atoms. The zero-order valence-electron chi connectivity index (χ0n) is 20.6. The monoisotopic (exact) mass is 466 g/mol. The molecule has 6 nitrogen and oxygen atoms in total. The van der Waals surface area contributed by atoms with E-state index >= 15 is 0 Å². The zero-order valence-corrected chi connectivity index (χ0v) is 20.6. The SMILES string of the molecule is CC.COCc1c([C@](C)(O)C=O)cc2n(c1=O)Cc1c-2nc2cc(F)c(C)c3c2c1[C@@H](C)CC3. The molecule has 3 heterocycles. The largest absolute Gasteiger partial charge is 0.380 e. The minimum atomic E-state index is -1.85. The zero-order chi connectivity index (χ0) is 24.9. The summed E-state index contributed by atoms with van der Waals surface area (Å²) < 4.78 is 21.5. The number of aldehydes is 1. The third kappa shape index (κ3) is 3.41. The molecule has 1 aromatic carbocycles. The van der Waals surface area contributed by atoms with Crippen LogP contribution in [-0.2, 0) is 34.7 Å². The summed E-state index contributed by atoms with van der Waals surface area (Å²) in [5.74, 6) is -0.0384. The number of aryl methyl sites for hydroxylation is 1. The van der Waals surface area contributed by atoms with Gasteiger partial charge >= 0.3 is 0 Å². The summed E-state index contributed by atoms with van der Waals surface area (Å²) in [5, 5.41) is 11.7. The lowest BCUT2D eigenvalue weighted by Gasteiger charge is -2.26. The summed E-state index contributed by atoms with van der Waals surface area (Å²) >= 11 is 0. The van der Waals surface area contributed by atoms with E-state index in [0.29, 0.717) is 35.3 Å². The van der Waals surface area contributed by atoms with Crippen molar-refractivity contribution in [2.75, 3.05) is 7.11 Å². The lowest BCUT2D eigenvalue weighted by atomic mass is 9.79. The number of halogens is 1. The van der Waals surface area contributed by atoms with Crippen LogP contribution in [0.1, 0.15) is 73.4 Å². The first-order valence-corrected chi connectivity index (χ1v) is 11.8. The van der Waals surface area contributed by atoms with E-state index in [1.165, 1.54) is 20.1 Å². The van der Waals surface area contributed by atoms with Gasteiger partial charge < -0.3 is 14.4 Å². The number of aliphatic hydroxyl groups is 1. The Bertz CT molecular complexity index is 1370. The normalized spacial score (nSPS) is 17.5. The van der Waals surface area contributed by atoms with Crippen LogP contribution < -0.4 is 5.56 Å². The number of hydrogen-bond donors (Lipinski definition) is 1. The molecular weight excluding hydrogens is 435 g/mol. The number of methoxy groups -OCH3 is 1. The number of carbonyl (C=O) groups excluding carboxylic acids is 1. The van der Waals surface area contributed by atoms with Gasteiger partial charge in [-0.3, -0.25) is 9.59 Å². The Morgan fingerprint density at radius 3 is 2.68 bits per heavy atom. The van der Waals surface area contributed by atoms with E-state index in [2.05, 4.69) is 6.92 Å². The van der Waals surface area contributed by atoms with E-state index in [1.54, 1.807) is 17.6 Å². The van der Waals surface area contributed by atoms with Crippen LogP contribution >= 0.6 is 0 Å². The first kappa shape index (κ1) is 24.2. The molecule has 2 aromatic heterocycles. The number of rotatable bonds is 4. The second kappa shape index (κ2) is 8.71. The fourth-order valence-electron chi connectivity index (χ4n) is 5.37. The summed E-state index contributed by atoms with van der Waals surface area (Å²) in [6.07, 6.45) is 2.11. The Morgan fingerprint density at radius 2 is 2.03 bits per heavy atom. The van der Waals surface area contributed by atoms with E-state index in [-0.39, 0.29) is 35.0 Å². The van der Waals surface area contributed by atoms with Gasteiger partial charge in [0.25, 0.3) is 5.56 Å². The first-order chi connectivity index (χ1) is 16.2. The number of fused-ring (bicyclic) bond motifs is 4. The number of carbonyl (C=O) groups is 1. The van der Waals surface area contributed by atoms with Crippen molar-refractivity contribution in [2.45, 2.75) is 72.1 Å². The van der Waals surface area contributed by atoms with Crippen molar-refractivity contribution in [1.82, 2.24) is 9.55 Å². The molecule has 5 rings (SSSR count). The van der Waals surface area contributed by atoms with Gasteiger partial charge in [-0.25, -0.2) is 9.37 Å². The van der Waals surface area contributed by atoms with E-state index in [1.807, 2.05) is 13.8 Å². The highest BCUT2D eigenvalue weighted by Gasteiger charge is 2.35. The molecule has 1 N–H and O–H groups in total. The molecule has 0 saturated carbocycles. The topological polar surface area (TPSA) is 81.4 Å². The smallest absolute Gasteiger partial charge is 0.257 e. The molecule has 0 radical (unpaired) electrons. The Hall–Kier alpha value is -2.90. The van der Waals surface area contributed by atoms with Crippen LogP contribution in [0.5, 0.6) is 0 Å². The van der Waals surface area contributed by atoms with E-state index in [0.717, 1.165) is 34.9 Å². The minimum Gasteiger partial charge on any atom is -0.380 e. The van der Waals surface area contributed by atoms with Crippen molar-refractivity contribution >= 4 is 17.2 Å². The molecule has 0 fully saturated rings. The van der Waals surface area contributed by atoms with Crippen LogP contribution in [0.2, 0.25) is 0 Å². The molecule has 7 heteroatoms. The fourth-order valence-corrected chi connectivity index (χ4v) is 5.37. The van der Waals surface area contributed by atoms with Gasteiger partial charge in [-0.2, -0.15) is 0 Å². The molecule has 2 atom stereocenters. The molecule has 1 aliphatic heterocycles. The summed E-state index contributed by atoms with van der Waals surface area (Å²) in [4.78, 5) is 29.9. The minimum absolute atomic E-state index is 0.0258. The van der Waals surface area contributed by atoms with Crippen molar-refractivity contribution in [3.8, 4) is 11.4 Å². The molecule has 1 aliphatic carbocycles. The highest BCUT2D eigenvalue weighted by atomic mass is 19.1. The Labute approximate surface area is 198 Å². The highest BCUT2D eigenvalue weighted by molar-refractivity contribution is 5.93. The molecule has 0 unspecified atom stereocenters. The summed E-state index contributed by atoms with van der Waals surface area (Å²) in [6, 6.07) is 3.12. The number of pyridine rings is 2. The Morgan fingerprint density at radius 1 is 1.32 bits per heavy atom. The van der Waals surface area contributed by atoms with E-state index < -0.39 is 5.60 Å². The second-order valence-corrected chi connectivity index (χ2v) is 9.16. The molecular formula is C27H31FN2O4. The summed E-state index contributed by atoms with van der Waals surface area (Å²) in [5.41, 5.74) is 3.74. The number of nitrogens with zero attached hydrogens (tertiary/aromatic N) is 2. The van der Waals surface area contributed by atoms with Gasteiger partial charge in [-0.15, -0.1) is 0 Å². The van der Waals surface area contributed by atoms with Crippen LogP contribution in [0.25, 0.3) is 22.3 Å². The van der Waals surface area contributed by atoms with Crippen molar-refractivity contribution in [3.05, 3.63) is 61.7 Å². The van der Waals surface area contributed by atoms with E-state index in [4.69, 9.17) is 9.72 Å². The van der Waals surface area contributed by atoms with Crippen LogP contribution in [0.4, 0.5) is 4.39 Å². The molecule has 0 saturated heterocycles. The van der Waals surface area contributed by atoms with Gasteiger partial charge in [0.2, 0.25) is 0 Å². The van der Waals surface area contributed by atoms with Crippen LogP contribution in [0.15, 0.2) is 16.9 Å². The average molecular weight is 467 g/mol. The van der Waals surface area contributed by atoms with Crippen molar-refractivity contribution < 1.29 is 19.0 Å². The van der Waals surface area contributed by atoms with Gasteiger partial charge in [-0.1, -0.05) is 20.8 Å². The Balaban J connectivity index is 0.00000133. The quantitative estimate of drug-likeness (QED) is 0.448. The third-order valence-corrected chi connectivity index (χ3v) is 7.09. The molecule has 3 aromatic rings. The van der Waals surface area contributed by atoms with Gasteiger partial charge in [0.1, 0.15) is 11.4 Å². The standard InChI is InChI=1S/C25H25FN2O4.C2H6/c1-12-5-6-14-13(2)18(26)8-19-22(14)21(12)15-9-28-20(23(15)27-19)7-17(25(3,31)11-29)16(10-32-4)24(28)30;1-2/h7-8,11-12,31H,5-6,9-10H2,1-4H3;1-2H3/t12-,25+;/m0./s1. The van der Waals surface area contributed by atoms with Crippen molar-refractivity contribution in [2.24, 2.45) is 0 Å². The number of ether oxygens (including phenoxy) is 1. The highest BCUT2D eigenvalue weighted by Crippen LogP contribution is 2.45. The number of benzene rings is 1. The Kier molecular flexibility index (Phi) is 6.21. The van der Waals surface area contributed by atoms with E-state index in [9.17, 15) is 19.1 Å². The van der Waals surface area contributed by atoms with Crippen LogP contribution in [-0.4, -0.2) is 28.1 Å². The first-order valence-electron chi connectivity index (χ1n) is 11.8. The predicted octanol–water partition coefficient (Wildman–Crippen LogP) is 4.50.